The monoisotopic (exact) mass is 219 g/mol. The van der Waals surface area contributed by atoms with E-state index in [0.717, 1.165) is 19.3 Å². The fourth-order valence-corrected chi connectivity index (χ4v) is 1.24. The lowest BCUT2D eigenvalue weighted by atomic mass is 10.2. The van der Waals surface area contributed by atoms with Crippen molar-refractivity contribution in [3.05, 3.63) is 0 Å². The molecule has 0 bridgehead atoms. The molecule has 0 aromatic heterocycles. The van der Waals surface area contributed by atoms with E-state index in [1.807, 2.05) is 6.92 Å². The molecule has 0 aliphatic heterocycles. The minimum Gasteiger partial charge on any atom is -0.480 e. The fourth-order valence-electron chi connectivity index (χ4n) is 0.988. The molecular formula is C9H17NO3S. The van der Waals surface area contributed by atoms with Crippen LogP contribution in [0.4, 0.5) is 0 Å². The average Bonchev–Trinajstić information content (AvgIpc) is 2.14. The van der Waals surface area contributed by atoms with Crippen LogP contribution in [0, 0.1) is 0 Å². The molecule has 1 atom stereocenters. The highest BCUT2D eigenvalue weighted by Crippen LogP contribution is 1.99. The summed E-state index contributed by atoms with van der Waals surface area (Å²) in [5.41, 5.74) is 0. The zero-order valence-electron chi connectivity index (χ0n) is 8.32. The summed E-state index contributed by atoms with van der Waals surface area (Å²) in [7, 11) is 0. The van der Waals surface area contributed by atoms with Crippen molar-refractivity contribution in [1.29, 1.82) is 0 Å². The molecule has 82 valence electrons. The minimum absolute atomic E-state index is 0.120. The van der Waals surface area contributed by atoms with Crippen molar-refractivity contribution in [2.45, 2.75) is 38.6 Å². The molecule has 5 heteroatoms. The maximum Gasteiger partial charge on any atom is 0.327 e. The smallest absolute Gasteiger partial charge is 0.327 e. The standard InChI is InChI=1S/C9H17NO3S/c1-2-3-4-5-8(11)10-7(6-14)9(12)13/h7,14H,2-6H2,1H3,(H,10,11)(H,12,13). The normalized spacial score (nSPS) is 12.1. The number of hydrogen-bond donors (Lipinski definition) is 3. The fraction of sp³-hybridized carbons (Fsp3) is 0.778. The molecule has 0 fully saturated rings. The van der Waals surface area contributed by atoms with E-state index in [-0.39, 0.29) is 11.7 Å². The second-order valence-corrected chi connectivity index (χ2v) is 3.46. The Morgan fingerprint density at radius 3 is 2.50 bits per heavy atom. The summed E-state index contributed by atoms with van der Waals surface area (Å²) in [5, 5.41) is 11.0. The molecule has 14 heavy (non-hydrogen) atoms. The number of nitrogens with one attached hydrogen (secondary N) is 1. The molecule has 0 aromatic rings. The Balaban J connectivity index is 3.74. The van der Waals surface area contributed by atoms with Crippen LogP contribution in [-0.4, -0.2) is 28.8 Å². The lowest BCUT2D eigenvalue weighted by molar-refractivity contribution is -0.141. The molecule has 1 unspecified atom stereocenters. The first kappa shape index (κ1) is 13.3. The predicted octanol–water partition coefficient (Wildman–Crippen LogP) is 1.07. The molecule has 0 saturated heterocycles. The van der Waals surface area contributed by atoms with Gasteiger partial charge in [-0.05, 0) is 6.42 Å². The Morgan fingerprint density at radius 2 is 2.07 bits per heavy atom. The van der Waals surface area contributed by atoms with Crippen molar-refractivity contribution in [2.75, 3.05) is 5.75 Å². The third kappa shape index (κ3) is 5.85. The minimum atomic E-state index is -1.04. The molecule has 0 aliphatic carbocycles. The first-order valence-electron chi connectivity index (χ1n) is 4.74. The summed E-state index contributed by atoms with van der Waals surface area (Å²) >= 11 is 3.84. The second kappa shape index (κ2) is 7.67. The van der Waals surface area contributed by atoms with Crippen LogP contribution >= 0.6 is 12.6 Å². The summed E-state index contributed by atoms with van der Waals surface area (Å²) in [6, 6.07) is -0.868. The molecule has 0 rings (SSSR count). The van der Waals surface area contributed by atoms with Crippen molar-refractivity contribution < 1.29 is 14.7 Å². The van der Waals surface area contributed by atoms with Gasteiger partial charge >= 0.3 is 5.97 Å². The largest absolute Gasteiger partial charge is 0.480 e. The van der Waals surface area contributed by atoms with Crippen LogP contribution in [0.25, 0.3) is 0 Å². The third-order valence-electron chi connectivity index (χ3n) is 1.82. The van der Waals surface area contributed by atoms with E-state index in [2.05, 4.69) is 17.9 Å². The highest BCUT2D eigenvalue weighted by Gasteiger charge is 2.17. The number of hydrogen-bond acceptors (Lipinski definition) is 3. The Morgan fingerprint density at radius 1 is 1.43 bits per heavy atom. The van der Waals surface area contributed by atoms with E-state index in [1.165, 1.54) is 0 Å². The summed E-state index contributed by atoms with van der Waals surface area (Å²) in [5.74, 6) is -1.13. The van der Waals surface area contributed by atoms with Crippen molar-refractivity contribution in [3.63, 3.8) is 0 Å². The predicted molar refractivity (Wildman–Crippen MR) is 57.6 cm³/mol. The number of unbranched alkanes of at least 4 members (excludes halogenated alkanes) is 2. The van der Waals surface area contributed by atoms with Crippen molar-refractivity contribution in [1.82, 2.24) is 5.32 Å². The Bertz CT molecular complexity index is 196. The number of carbonyl (C=O) groups excluding carboxylic acids is 1. The Hall–Kier alpha value is -0.710. The van der Waals surface area contributed by atoms with Crippen molar-refractivity contribution >= 4 is 24.5 Å². The van der Waals surface area contributed by atoms with Crippen LogP contribution in [-0.2, 0) is 9.59 Å². The lowest BCUT2D eigenvalue weighted by Crippen LogP contribution is -2.42. The number of carbonyl (C=O) groups is 2. The quantitative estimate of drug-likeness (QED) is 0.443. The van der Waals surface area contributed by atoms with Gasteiger partial charge in [0.25, 0.3) is 0 Å². The van der Waals surface area contributed by atoms with Gasteiger partial charge in [-0.25, -0.2) is 4.79 Å². The highest BCUT2D eigenvalue weighted by molar-refractivity contribution is 7.80. The Kier molecular flexibility index (Phi) is 7.28. The maximum atomic E-state index is 11.2. The van der Waals surface area contributed by atoms with Gasteiger partial charge in [-0.2, -0.15) is 12.6 Å². The van der Waals surface area contributed by atoms with Crippen LogP contribution < -0.4 is 5.32 Å². The molecule has 0 heterocycles. The van der Waals surface area contributed by atoms with Crippen LogP contribution in [0.2, 0.25) is 0 Å². The van der Waals surface area contributed by atoms with Crippen LogP contribution in [0.3, 0.4) is 0 Å². The average molecular weight is 219 g/mol. The first-order chi connectivity index (χ1) is 6.61. The van der Waals surface area contributed by atoms with Crippen molar-refractivity contribution in [3.8, 4) is 0 Å². The molecule has 0 spiro atoms. The van der Waals surface area contributed by atoms with E-state index in [9.17, 15) is 9.59 Å². The SMILES string of the molecule is CCCCCC(=O)NC(CS)C(=O)O. The van der Waals surface area contributed by atoms with Gasteiger partial charge in [0.05, 0.1) is 0 Å². The summed E-state index contributed by atoms with van der Waals surface area (Å²) < 4.78 is 0. The summed E-state index contributed by atoms with van der Waals surface area (Å²) in [6.07, 6.45) is 3.24. The maximum absolute atomic E-state index is 11.2. The van der Waals surface area contributed by atoms with E-state index in [0.29, 0.717) is 6.42 Å². The van der Waals surface area contributed by atoms with Gasteiger partial charge < -0.3 is 10.4 Å². The van der Waals surface area contributed by atoms with Crippen LogP contribution in [0.5, 0.6) is 0 Å². The molecule has 2 N–H and O–H groups in total. The molecular weight excluding hydrogens is 202 g/mol. The van der Waals surface area contributed by atoms with Gasteiger partial charge in [0.15, 0.2) is 0 Å². The molecule has 0 aromatic carbocycles. The van der Waals surface area contributed by atoms with Gasteiger partial charge in [-0.1, -0.05) is 19.8 Å². The number of amides is 1. The van der Waals surface area contributed by atoms with Gasteiger partial charge in [-0.15, -0.1) is 0 Å². The number of rotatable bonds is 7. The Labute approximate surface area is 89.5 Å². The van der Waals surface area contributed by atoms with E-state index < -0.39 is 12.0 Å². The second-order valence-electron chi connectivity index (χ2n) is 3.10. The first-order valence-corrected chi connectivity index (χ1v) is 5.38. The molecule has 0 aliphatic rings. The van der Waals surface area contributed by atoms with Gasteiger partial charge in [0, 0.05) is 12.2 Å². The van der Waals surface area contributed by atoms with Crippen molar-refractivity contribution in [2.24, 2.45) is 0 Å². The van der Waals surface area contributed by atoms with Gasteiger partial charge in [-0.3, -0.25) is 4.79 Å². The zero-order chi connectivity index (χ0) is 11.0. The highest BCUT2D eigenvalue weighted by atomic mass is 32.1. The van der Waals surface area contributed by atoms with E-state index in [4.69, 9.17) is 5.11 Å². The number of carboxylic acid groups (broad SMARTS) is 1. The van der Waals surface area contributed by atoms with E-state index in [1.54, 1.807) is 0 Å². The number of aliphatic carboxylic acids is 1. The number of thiol groups is 1. The van der Waals surface area contributed by atoms with Crippen LogP contribution in [0.15, 0.2) is 0 Å². The topological polar surface area (TPSA) is 66.4 Å². The summed E-state index contributed by atoms with van der Waals surface area (Å²) in [4.78, 5) is 21.7. The van der Waals surface area contributed by atoms with E-state index >= 15 is 0 Å². The molecule has 1 amide bonds. The summed E-state index contributed by atoms with van der Waals surface area (Å²) in [6.45, 7) is 2.05. The lowest BCUT2D eigenvalue weighted by Gasteiger charge is -2.11. The zero-order valence-corrected chi connectivity index (χ0v) is 9.22. The molecule has 4 nitrogen and oxygen atoms in total. The van der Waals surface area contributed by atoms with Gasteiger partial charge in [0.2, 0.25) is 5.91 Å². The van der Waals surface area contributed by atoms with Crippen LogP contribution in [0.1, 0.15) is 32.6 Å². The number of carboxylic acids is 1. The molecule has 0 saturated carbocycles. The molecule has 0 radical (unpaired) electrons. The van der Waals surface area contributed by atoms with Gasteiger partial charge in [0.1, 0.15) is 6.04 Å². The third-order valence-corrected chi connectivity index (χ3v) is 2.19.